The zero-order valence-corrected chi connectivity index (χ0v) is 9.09. The highest BCUT2D eigenvalue weighted by molar-refractivity contribution is 5.73. The fourth-order valence-electron chi connectivity index (χ4n) is 2.11. The monoisotopic (exact) mass is 238 g/mol. The summed E-state index contributed by atoms with van der Waals surface area (Å²) in [5, 5.41) is 21.0. The number of nitrogens with one attached hydrogen (secondary N) is 1. The van der Waals surface area contributed by atoms with Gasteiger partial charge in [-0.3, -0.25) is 10.1 Å². The minimum atomic E-state index is -1.12. The summed E-state index contributed by atoms with van der Waals surface area (Å²) in [6.45, 7) is 0.295. The Balaban J connectivity index is 2.31. The molecule has 0 bridgehead atoms. The van der Waals surface area contributed by atoms with Crippen LogP contribution in [0.15, 0.2) is 24.3 Å². The summed E-state index contributed by atoms with van der Waals surface area (Å²) in [6.07, 6.45) is 0.00282. The molecule has 0 saturated carbocycles. The van der Waals surface area contributed by atoms with Gasteiger partial charge in [0.25, 0.3) is 0 Å². The molecule has 0 saturated heterocycles. The van der Waals surface area contributed by atoms with Crippen LogP contribution < -0.4 is 11.1 Å². The minimum absolute atomic E-state index is 0.00282. The fraction of sp³-hybridized carbons (Fsp3) is 0.364. The Morgan fingerprint density at radius 2 is 2.29 bits per heavy atom. The molecule has 6 heteroatoms. The van der Waals surface area contributed by atoms with Crippen LogP contribution in [0.25, 0.3) is 0 Å². The van der Waals surface area contributed by atoms with Crippen LogP contribution in [-0.2, 0) is 15.3 Å². The van der Waals surface area contributed by atoms with Gasteiger partial charge >= 0.3 is 5.97 Å². The van der Waals surface area contributed by atoms with Gasteiger partial charge in [0, 0.05) is 17.7 Å². The fourth-order valence-corrected chi connectivity index (χ4v) is 2.11. The van der Waals surface area contributed by atoms with Crippen molar-refractivity contribution in [1.29, 1.82) is 0 Å². The SMILES string of the molecule is N[C@@H](C[C@]1(OO)CNc2ccccc21)C(=O)O. The number of hydrogen-bond donors (Lipinski definition) is 4. The lowest BCUT2D eigenvalue weighted by Crippen LogP contribution is -2.42. The third-order valence-corrected chi connectivity index (χ3v) is 3.02. The molecule has 92 valence electrons. The van der Waals surface area contributed by atoms with Gasteiger partial charge in [-0.05, 0) is 6.07 Å². The van der Waals surface area contributed by atoms with Crippen molar-refractivity contribution >= 4 is 11.7 Å². The number of rotatable bonds is 4. The van der Waals surface area contributed by atoms with E-state index in [4.69, 9.17) is 16.1 Å². The van der Waals surface area contributed by atoms with Crippen LogP contribution in [0.5, 0.6) is 0 Å². The van der Waals surface area contributed by atoms with Crippen molar-refractivity contribution in [2.75, 3.05) is 11.9 Å². The summed E-state index contributed by atoms with van der Waals surface area (Å²) in [4.78, 5) is 15.3. The highest BCUT2D eigenvalue weighted by atomic mass is 17.1. The number of hydrogen-bond acceptors (Lipinski definition) is 5. The van der Waals surface area contributed by atoms with Crippen molar-refractivity contribution in [3.8, 4) is 0 Å². The van der Waals surface area contributed by atoms with E-state index in [2.05, 4.69) is 10.2 Å². The zero-order valence-electron chi connectivity index (χ0n) is 9.09. The lowest BCUT2D eigenvalue weighted by molar-refractivity contribution is -0.325. The second-order valence-electron chi connectivity index (χ2n) is 4.13. The molecular weight excluding hydrogens is 224 g/mol. The number of aliphatic carboxylic acids is 1. The molecule has 0 spiro atoms. The lowest BCUT2D eigenvalue weighted by atomic mass is 9.89. The van der Waals surface area contributed by atoms with Gasteiger partial charge in [-0.1, -0.05) is 18.2 Å². The standard InChI is InChI=1S/C11H14N2O4/c12-8(10(14)15)5-11(17-16)6-13-9-4-2-1-3-7(9)11/h1-4,8,13,16H,5-6,12H2,(H,14,15)/t8-,11-/m0/s1. The summed E-state index contributed by atoms with van der Waals surface area (Å²) >= 11 is 0. The first-order valence-corrected chi connectivity index (χ1v) is 5.23. The summed E-state index contributed by atoms with van der Waals surface area (Å²) in [5.41, 5.74) is 5.95. The number of carbonyl (C=O) groups is 1. The van der Waals surface area contributed by atoms with Crippen LogP contribution in [0, 0.1) is 0 Å². The Labute approximate surface area is 97.9 Å². The van der Waals surface area contributed by atoms with E-state index >= 15 is 0 Å². The molecule has 0 amide bonds. The first-order valence-electron chi connectivity index (χ1n) is 5.23. The molecule has 6 nitrogen and oxygen atoms in total. The van der Waals surface area contributed by atoms with Gasteiger partial charge in [0.1, 0.15) is 11.6 Å². The molecule has 1 aliphatic heterocycles. The summed E-state index contributed by atoms with van der Waals surface area (Å²) < 4.78 is 0. The molecule has 2 atom stereocenters. The molecule has 1 aromatic rings. The lowest BCUT2D eigenvalue weighted by Gasteiger charge is -2.26. The summed E-state index contributed by atoms with van der Waals surface area (Å²) in [6, 6.07) is 6.17. The number of carboxylic acid groups (broad SMARTS) is 1. The minimum Gasteiger partial charge on any atom is -0.480 e. The molecule has 1 aromatic carbocycles. The Kier molecular flexibility index (Phi) is 3.01. The van der Waals surface area contributed by atoms with Gasteiger partial charge in [0.05, 0.1) is 6.54 Å². The molecular formula is C11H14N2O4. The molecule has 1 heterocycles. The van der Waals surface area contributed by atoms with Crippen molar-refractivity contribution < 1.29 is 20.0 Å². The normalized spacial score (nSPS) is 23.9. The van der Waals surface area contributed by atoms with E-state index in [9.17, 15) is 4.79 Å². The van der Waals surface area contributed by atoms with Gasteiger partial charge in [-0.25, -0.2) is 4.89 Å². The first kappa shape index (κ1) is 11.8. The second-order valence-corrected chi connectivity index (χ2v) is 4.13. The molecule has 0 unspecified atom stereocenters. The molecule has 5 N–H and O–H groups in total. The van der Waals surface area contributed by atoms with Gasteiger partial charge in [0.2, 0.25) is 0 Å². The Hall–Kier alpha value is -1.63. The van der Waals surface area contributed by atoms with Crippen molar-refractivity contribution in [3.05, 3.63) is 29.8 Å². The van der Waals surface area contributed by atoms with E-state index in [1.165, 1.54) is 0 Å². The topological polar surface area (TPSA) is 105 Å². The first-order chi connectivity index (χ1) is 8.09. The average Bonchev–Trinajstić information content (AvgIpc) is 2.69. The predicted octanol–water partition coefficient (Wildman–Crippen LogP) is 0.599. The van der Waals surface area contributed by atoms with Crippen LogP contribution >= 0.6 is 0 Å². The van der Waals surface area contributed by atoms with Crippen molar-refractivity contribution in [1.82, 2.24) is 0 Å². The Morgan fingerprint density at radius 1 is 1.59 bits per heavy atom. The van der Waals surface area contributed by atoms with Gasteiger partial charge in [-0.2, -0.15) is 0 Å². The summed E-state index contributed by atoms with van der Waals surface area (Å²) in [5.74, 6) is -1.12. The van der Waals surface area contributed by atoms with Crippen LogP contribution in [0.4, 0.5) is 5.69 Å². The van der Waals surface area contributed by atoms with E-state index in [1.54, 1.807) is 12.1 Å². The molecule has 17 heavy (non-hydrogen) atoms. The highest BCUT2D eigenvalue weighted by Gasteiger charge is 2.43. The second kappa shape index (κ2) is 4.33. The number of benzene rings is 1. The number of carboxylic acids is 1. The number of para-hydroxylation sites is 1. The zero-order chi connectivity index (χ0) is 12.5. The molecule has 0 fully saturated rings. The number of nitrogens with two attached hydrogens (primary N) is 1. The highest BCUT2D eigenvalue weighted by Crippen LogP contribution is 2.40. The molecule has 0 aliphatic carbocycles. The van der Waals surface area contributed by atoms with E-state index in [0.29, 0.717) is 6.54 Å². The van der Waals surface area contributed by atoms with Crippen LogP contribution in [0.2, 0.25) is 0 Å². The average molecular weight is 238 g/mol. The van der Waals surface area contributed by atoms with E-state index < -0.39 is 17.6 Å². The molecule has 1 aliphatic rings. The Bertz CT molecular complexity index is 437. The Morgan fingerprint density at radius 3 is 2.94 bits per heavy atom. The maximum atomic E-state index is 10.8. The molecule has 2 rings (SSSR count). The van der Waals surface area contributed by atoms with Crippen LogP contribution in [0.1, 0.15) is 12.0 Å². The maximum absolute atomic E-state index is 10.8. The maximum Gasteiger partial charge on any atom is 0.320 e. The van der Waals surface area contributed by atoms with Crippen LogP contribution in [-0.4, -0.2) is 28.9 Å². The molecule has 0 aromatic heterocycles. The third-order valence-electron chi connectivity index (χ3n) is 3.02. The van der Waals surface area contributed by atoms with Gasteiger partial charge in [0.15, 0.2) is 0 Å². The third kappa shape index (κ3) is 1.97. The smallest absolute Gasteiger partial charge is 0.320 e. The van der Waals surface area contributed by atoms with Gasteiger partial charge < -0.3 is 16.2 Å². The van der Waals surface area contributed by atoms with Crippen molar-refractivity contribution in [2.45, 2.75) is 18.1 Å². The number of fused-ring (bicyclic) bond motifs is 1. The quantitative estimate of drug-likeness (QED) is 0.452. The van der Waals surface area contributed by atoms with E-state index in [0.717, 1.165) is 11.3 Å². The van der Waals surface area contributed by atoms with Crippen molar-refractivity contribution in [2.24, 2.45) is 5.73 Å². The molecule has 0 radical (unpaired) electrons. The van der Waals surface area contributed by atoms with E-state index in [1.807, 2.05) is 12.1 Å². The van der Waals surface area contributed by atoms with E-state index in [-0.39, 0.29) is 6.42 Å². The number of anilines is 1. The van der Waals surface area contributed by atoms with Crippen LogP contribution in [0.3, 0.4) is 0 Å². The summed E-state index contributed by atoms with van der Waals surface area (Å²) in [7, 11) is 0. The van der Waals surface area contributed by atoms with Gasteiger partial charge in [-0.15, -0.1) is 0 Å². The largest absolute Gasteiger partial charge is 0.480 e. The van der Waals surface area contributed by atoms with Crippen molar-refractivity contribution in [3.63, 3.8) is 0 Å². The predicted molar refractivity (Wildman–Crippen MR) is 60.6 cm³/mol.